The number of amides is 1. The fourth-order valence-corrected chi connectivity index (χ4v) is 2.41. The van der Waals surface area contributed by atoms with E-state index in [1.165, 1.54) is 0 Å². The first kappa shape index (κ1) is 18.1. The van der Waals surface area contributed by atoms with Crippen LogP contribution in [0.3, 0.4) is 0 Å². The van der Waals surface area contributed by atoms with Gasteiger partial charge in [0, 0.05) is 11.3 Å². The van der Waals surface area contributed by atoms with Crippen molar-refractivity contribution in [3.8, 4) is 11.5 Å². The third-order valence-corrected chi connectivity index (χ3v) is 3.61. The van der Waals surface area contributed by atoms with Crippen LogP contribution in [0.4, 0.5) is 5.69 Å². The van der Waals surface area contributed by atoms with Crippen LogP contribution in [0.15, 0.2) is 36.4 Å². The summed E-state index contributed by atoms with van der Waals surface area (Å²) < 4.78 is 11.2. The maximum atomic E-state index is 12.5. The van der Waals surface area contributed by atoms with Crippen LogP contribution in [-0.2, 0) is 0 Å². The first-order valence-electron chi connectivity index (χ1n) is 8.02. The predicted octanol–water partition coefficient (Wildman–Crippen LogP) is 5.09. The number of carbonyl (C=O) groups is 1. The highest BCUT2D eigenvalue weighted by Gasteiger charge is 2.16. The Morgan fingerprint density at radius 3 is 2.46 bits per heavy atom. The molecule has 0 aliphatic carbocycles. The maximum absolute atomic E-state index is 12.5. The van der Waals surface area contributed by atoms with Crippen LogP contribution in [0, 0.1) is 6.92 Å². The van der Waals surface area contributed by atoms with Gasteiger partial charge in [0.25, 0.3) is 5.91 Å². The number of hydrogen-bond acceptors (Lipinski definition) is 3. The molecule has 1 amide bonds. The van der Waals surface area contributed by atoms with Crippen molar-refractivity contribution < 1.29 is 14.3 Å². The van der Waals surface area contributed by atoms with E-state index in [0.29, 0.717) is 35.3 Å². The highest BCUT2D eigenvalue weighted by Crippen LogP contribution is 2.37. The summed E-state index contributed by atoms with van der Waals surface area (Å²) in [5.41, 5.74) is 2.28. The molecule has 0 unspecified atom stereocenters. The van der Waals surface area contributed by atoms with Gasteiger partial charge in [0.2, 0.25) is 0 Å². The van der Waals surface area contributed by atoms with Gasteiger partial charge in [-0.2, -0.15) is 0 Å². The number of ether oxygens (including phenoxy) is 2. The minimum atomic E-state index is -0.247. The van der Waals surface area contributed by atoms with Crippen molar-refractivity contribution in [2.45, 2.75) is 27.2 Å². The number of hydrogen-bond donors (Lipinski definition) is 1. The van der Waals surface area contributed by atoms with E-state index in [1.54, 1.807) is 12.1 Å². The molecule has 128 valence electrons. The molecule has 0 aliphatic heterocycles. The zero-order chi connectivity index (χ0) is 17.5. The molecule has 2 aromatic carbocycles. The van der Waals surface area contributed by atoms with Crippen LogP contribution in [0.2, 0.25) is 5.02 Å². The van der Waals surface area contributed by atoms with Crippen molar-refractivity contribution in [2.24, 2.45) is 0 Å². The number of rotatable bonds is 7. The first-order chi connectivity index (χ1) is 11.5. The van der Waals surface area contributed by atoms with Crippen molar-refractivity contribution in [2.75, 3.05) is 18.5 Å². The van der Waals surface area contributed by atoms with Gasteiger partial charge in [-0.1, -0.05) is 36.2 Å². The molecule has 0 fully saturated rings. The summed E-state index contributed by atoms with van der Waals surface area (Å²) in [6.07, 6.45) is 0.859. The topological polar surface area (TPSA) is 47.6 Å². The summed E-state index contributed by atoms with van der Waals surface area (Å²) in [6.45, 7) is 6.87. The minimum Gasteiger partial charge on any atom is -0.490 e. The Hall–Kier alpha value is -2.20. The summed E-state index contributed by atoms with van der Waals surface area (Å²) in [4.78, 5) is 12.5. The van der Waals surface area contributed by atoms with E-state index in [9.17, 15) is 4.79 Å². The normalized spacial score (nSPS) is 10.3. The summed E-state index contributed by atoms with van der Waals surface area (Å²) >= 11 is 6.29. The molecule has 0 aromatic heterocycles. The van der Waals surface area contributed by atoms with Gasteiger partial charge >= 0.3 is 0 Å². The summed E-state index contributed by atoms with van der Waals surface area (Å²) in [7, 11) is 0. The van der Waals surface area contributed by atoms with Gasteiger partial charge in [-0.15, -0.1) is 0 Å². The maximum Gasteiger partial charge on any atom is 0.255 e. The van der Waals surface area contributed by atoms with E-state index < -0.39 is 0 Å². The average molecular weight is 348 g/mol. The van der Waals surface area contributed by atoms with Crippen molar-refractivity contribution in [1.29, 1.82) is 0 Å². The monoisotopic (exact) mass is 347 g/mol. The van der Waals surface area contributed by atoms with E-state index in [-0.39, 0.29) is 5.91 Å². The highest BCUT2D eigenvalue weighted by molar-refractivity contribution is 6.32. The third kappa shape index (κ3) is 4.65. The Labute approximate surface area is 147 Å². The molecule has 0 aliphatic rings. The fraction of sp³-hybridized carbons (Fsp3) is 0.316. The van der Waals surface area contributed by atoms with Crippen LogP contribution in [-0.4, -0.2) is 19.1 Å². The first-order valence-corrected chi connectivity index (χ1v) is 8.40. The van der Waals surface area contributed by atoms with Crippen molar-refractivity contribution in [1.82, 2.24) is 0 Å². The Kier molecular flexibility index (Phi) is 6.50. The van der Waals surface area contributed by atoms with Crippen LogP contribution >= 0.6 is 11.6 Å². The molecular weight excluding hydrogens is 326 g/mol. The van der Waals surface area contributed by atoms with Crippen molar-refractivity contribution in [3.05, 3.63) is 52.5 Å². The van der Waals surface area contributed by atoms with E-state index in [0.717, 1.165) is 17.7 Å². The van der Waals surface area contributed by atoms with E-state index in [1.807, 2.05) is 45.0 Å². The predicted molar refractivity (Wildman–Crippen MR) is 97.5 cm³/mol. The second kappa shape index (κ2) is 8.60. The Morgan fingerprint density at radius 1 is 1.12 bits per heavy atom. The van der Waals surface area contributed by atoms with Crippen LogP contribution in [0.1, 0.15) is 36.2 Å². The van der Waals surface area contributed by atoms with Gasteiger partial charge in [0.05, 0.1) is 18.2 Å². The molecule has 0 bridgehead atoms. The fourth-order valence-electron chi connectivity index (χ4n) is 2.15. The molecule has 0 atom stereocenters. The van der Waals surface area contributed by atoms with E-state index in [4.69, 9.17) is 21.1 Å². The second-order valence-corrected chi connectivity index (χ2v) is 5.79. The Bertz CT molecular complexity index is 699. The Morgan fingerprint density at radius 2 is 1.83 bits per heavy atom. The lowest BCUT2D eigenvalue weighted by molar-refractivity contribution is 0.102. The van der Waals surface area contributed by atoms with Gasteiger partial charge in [-0.3, -0.25) is 4.79 Å². The second-order valence-electron chi connectivity index (χ2n) is 5.39. The van der Waals surface area contributed by atoms with Gasteiger partial charge in [0.1, 0.15) is 0 Å². The van der Waals surface area contributed by atoms with Gasteiger partial charge in [-0.05, 0) is 44.5 Å². The molecule has 2 aromatic rings. The molecule has 0 radical (unpaired) electrons. The lowest BCUT2D eigenvalue weighted by atomic mass is 10.1. The number of benzene rings is 2. The quantitative estimate of drug-likeness (QED) is 0.759. The third-order valence-electron chi connectivity index (χ3n) is 3.33. The van der Waals surface area contributed by atoms with E-state index >= 15 is 0 Å². The molecule has 0 saturated carbocycles. The zero-order valence-corrected chi connectivity index (χ0v) is 14.9. The molecule has 0 spiro atoms. The number of aryl methyl sites for hydroxylation is 1. The summed E-state index contributed by atoms with van der Waals surface area (Å²) in [5, 5.41) is 3.21. The number of anilines is 1. The largest absolute Gasteiger partial charge is 0.490 e. The van der Waals surface area contributed by atoms with Gasteiger partial charge < -0.3 is 14.8 Å². The Balaban J connectivity index is 2.25. The average Bonchev–Trinajstić information content (AvgIpc) is 2.56. The summed E-state index contributed by atoms with van der Waals surface area (Å²) in [5.74, 6) is 0.712. The number of halogens is 1. The zero-order valence-electron chi connectivity index (χ0n) is 14.2. The molecule has 2 rings (SSSR count). The molecule has 0 saturated heterocycles. The highest BCUT2D eigenvalue weighted by atomic mass is 35.5. The van der Waals surface area contributed by atoms with Gasteiger partial charge in [-0.25, -0.2) is 0 Å². The SMILES string of the molecule is CCCOc1c(Cl)cc(C(=O)Nc2ccc(C)cc2)cc1OCC. The van der Waals surface area contributed by atoms with Crippen LogP contribution < -0.4 is 14.8 Å². The van der Waals surface area contributed by atoms with Crippen molar-refractivity contribution in [3.63, 3.8) is 0 Å². The molecule has 24 heavy (non-hydrogen) atoms. The van der Waals surface area contributed by atoms with Crippen molar-refractivity contribution >= 4 is 23.2 Å². The lowest BCUT2D eigenvalue weighted by Crippen LogP contribution is -2.12. The van der Waals surface area contributed by atoms with Crippen LogP contribution in [0.5, 0.6) is 11.5 Å². The molecule has 5 heteroatoms. The molecule has 1 N–H and O–H groups in total. The minimum absolute atomic E-state index is 0.247. The molecule has 4 nitrogen and oxygen atoms in total. The number of nitrogens with one attached hydrogen (secondary N) is 1. The standard InChI is InChI=1S/C19H22ClNO3/c1-4-10-24-18-16(20)11-14(12-17(18)23-5-2)19(22)21-15-8-6-13(3)7-9-15/h6-9,11-12H,4-5,10H2,1-3H3,(H,21,22). The molecular formula is C19H22ClNO3. The van der Waals surface area contributed by atoms with Gasteiger partial charge in [0.15, 0.2) is 11.5 Å². The smallest absolute Gasteiger partial charge is 0.255 e. The number of carbonyl (C=O) groups excluding carboxylic acids is 1. The summed E-state index contributed by atoms with van der Waals surface area (Å²) in [6, 6.07) is 10.8. The van der Waals surface area contributed by atoms with E-state index in [2.05, 4.69) is 5.32 Å². The lowest BCUT2D eigenvalue weighted by Gasteiger charge is -2.15. The van der Waals surface area contributed by atoms with Crippen LogP contribution in [0.25, 0.3) is 0 Å². The molecule has 0 heterocycles.